The first kappa shape index (κ1) is 23.2. The Kier molecular flexibility index (Phi) is 7.42. The number of anilines is 1. The van der Waals surface area contributed by atoms with Gasteiger partial charge in [-0.15, -0.1) is 0 Å². The van der Waals surface area contributed by atoms with Gasteiger partial charge in [-0.05, 0) is 30.2 Å². The lowest BCUT2D eigenvalue weighted by Gasteiger charge is -2.15. The van der Waals surface area contributed by atoms with Crippen molar-refractivity contribution in [1.29, 1.82) is 0 Å². The maximum atomic E-state index is 12.8. The number of nitrogens with zero attached hydrogens (tertiary/aromatic N) is 3. The van der Waals surface area contributed by atoms with Gasteiger partial charge in [0.15, 0.2) is 17.3 Å². The molecule has 0 bridgehead atoms. The molecule has 0 aliphatic rings. The molecule has 0 radical (unpaired) electrons. The number of hydrogen-bond donors (Lipinski definition) is 1. The van der Waals surface area contributed by atoms with Gasteiger partial charge in [-0.25, -0.2) is 9.97 Å². The van der Waals surface area contributed by atoms with E-state index in [2.05, 4.69) is 10.3 Å². The molecular weight excluding hydrogens is 412 g/mol. The third kappa shape index (κ3) is 5.05. The van der Waals surface area contributed by atoms with E-state index in [1.54, 1.807) is 33.4 Å². The van der Waals surface area contributed by atoms with Gasteiger partial charge in [-0.3, -0.25) is 9.59 Å². The molecule has 0 aliphatic heterocycles. The molecule has 3 aromatic rings. The monoisotopic (exact) mass is 440 g/mol. The molecule has 0 saturated carbocycles. The third-order valence-electron chi connectivity index (χ3n) is 5.08. The van der Waals surface area contributed by atoms with Gasteiger partial charge in [0.1, 0.15) is 17.8 Å². The van der Waals surface area contributed by atoms with Gasteiger partial charge < -0.3 is 24.1 Å². The zero-order valence-corrected chi connectivity index (χ0v) is 19.0. The Morgan fingerprint density at radius 2 is 1.91 bits per heavy atom. The molecule has 0 saturated heterocycles. The molecule has 3 rings (SSSR count). The topological polar surface area (TPSA) is 105 Å². The Hall–Kier alpha value is -3.46. The van der Waals surface area contributed by atoms with Gasteiger partial charge in [0.2, 0.25) is 0 Å². The molecule has 0 fully saturated rings. The van der Waals surface area contributed by atoms with E-state index >= 15 is 0 Å². The van der Waals surface area contributed by atoms with Crippen molar-refractivity contribution in [1.82, 2.24) is 14.5 Å². The highest BCUT2D eigenvalue weighted by molar-refractivity contribution is 5.91. The highest BCUT2D eigenvalue weighted by Crippen LogP contribution is 2.33. The van der Waals surface area contributed by atoms with Gasteiger partial charge in [0, 0.05) is 32.7 Å². The van der Waals surface area contributed by atoms with Gasteiger partial charge >= 0.3 is 0 Å². The van der Waals surface area contributed by atoms with E-state index in [9.17, 15) is 9.59 Å². The number of nitrogens with one attached hydrogen (secondary N) is 1. The molecular formula is C23H28N4O5. The number of pyridine rings is 1. The molecule has 9 heteroatoms. The van der Waals surface area contributed by atoms with E-state index in [4.69, 9.17) is 19.2 Å². The number of ether oxygens (including phenoxy) is 3. The largest absolute Gasteiger partial charge is 0.493 e. The summed E-state index contributed by atoms with van der Waals surface area (Å²) in [7, 11) is 6.29. The minimum Gasteiger partial charge on any atom is -0.493 e. The minimum atomic E-state index is -0.202. The summed E-state index contributed by atoms with van der Waals surface area (Å²) in [4.78, 5) is 33.8. The Bertz CT molecular complexity index is 1170. The number of hydrogen-bond acceptors (Lipinski definition) is 8. The SMILES string of the molecule is COCC(=O)C[C@@H](C)CNc1nc(-c2ccc(OC)c(OC)c2)cc2ncn(C)c(=O)c12. The molecule has 1 N–H and O–H groups in total. The van der Waals surface area contributed by atoms with Crippen molar-refractivity contribution in [3.8, 4) is 22.8 Å². The smallest absolute Gasteiger partial charge is 0.264 e. The molecule has 0 aliphatic carbocycles. The van der Waals surface area contributed by atoms with E-state index in [0.29, 0.717) is 46.9 Å². The summed E-state index contributed by atoms with van der Waals surface area (Å²) in [5, 5.41) is 3.65. The second kappa shape index (κ2) is 10.2. The number of carbonyl (C=O) groups is 1. The van der Waals surface area contributed by atoms with Gasteiger partial charge in [0.05, 0.1) is 31.8 Å². The second-order valence-corrected chi connectivity index (χ2v) is 7.64. The summed E-state index contributed by atoms with van der Waals surface area (Å²) >= 11 is 0. The lowest BCUT2D eigenvalue weighted by atomic mass is 10.0. The highest BCUT2D eigenvalue weighted by atomic mass is 16.5. The summed E-state index contributed by atoms with van der Waals surface area (Å²) in [6.07, 6.45) is 1.85. The van der Waals surface area contributed by atoms with Crippen molar-refractivity contribution in [2.24, 2.45) is 13.0 Å². The number of carbonyl (C=O) groups excluding carboxylic acids is 1. The van der Waals surface area contributed by atoms with Crippen molar-refractivity contribution < 1.29 is 19.0 Å². The van der Waals surface area contributed by atoms with Crippen LogP contribution in [0.15, 0.2) is 35.4 Å². The van der Waals surface area contributed by atoms with Crippen LogP contribution in [0.2, 0.25) is 0 Å². The van der Waals surface area contributed by atoms with Crippen LogP contribution in [0.1, 0.15) is 13.3 Å². The Morgan fingerprint density at radius 3 is 2.59 bits per heavy atom. The second-order valence-electron chi connectivity index (χ2n) is 7.64. The van der Waals surface area contributed by atoms with Crippen LogP contribution in [-0.2, 0) is 16.6 Å². The molecule has 0 amide bonds. The first-order valence-corrected chi connectivity index (χ1v) is 10.2. The first-order chi connectivity index (χ1) is 15.4. The van der Waals surface area contributed by atoms with Crippen LogP contribution < -0.4 is 20.3 Å². The third-order valence-corrected chi connectivity index (χ3v) is 5.08. The molecule has 2 heterocycles. The Balaban J connectivity index is 2.01. The number of rotatable bonds is 10. The van der Waals surface area contributed by atoms with Crippen LogP contribution in [0, 0.1) is 5.92 Å². The number of fused-ring (bicyclic) bond motifs is 1. The zero-order valence-electron chi connectivity index (χ0n) is 19.0. The summed E-state index contributed by atoms with van der Waals surface area (Å²) < 4.78 is 17.0. The number of methoxy groups -OCH3 is 3. The van der Waals surface area contributed by atoms with Crippen LogP contribution in [0.5, 0.6) is 11.5 Å². The highest BCUT2D eigenvalue weighted by Gasteiger charge is 2.16. The fourth-order valence-corrected chi connectivity index (χ4v) is 3.44. The predicted octanol–water partition coefficient (Wildman–Crippen LogP) is 2.67. The zero-order chi connectivity index (χ0) is 23.3. The Morgan fingerprint density at radius 1 is 1.16 bits per heavy atom. The lowest BCUT2D eigenvalue weighted by Crippen LogP contribution is -2.22. The van der Waals surface area contributed by atoms with Gasteiger partial charge in [-0.2, -0.15) is 0 Å². The van der Waals surface area contributed by atoms with E-state index in [0.717, 1.165) is 5.56 Å². The van der Waals surface area contributed by atoms with E-state index in [1.807, 2.05) is 19.1 Å². The molecule has 9 nitrogen and oxygen atoms in total. The summed E-state index contributed by atoms with van der Waals surface area (Å²) in [6, 6.07) is 7.26. The number of Topliss-reactive ketones (excluding diaryl/α,β-unsaturated/α-hetero) is 1. The molecule has 2 aromatic heterocycles. The summed E-state index contributed by atoms with van der Waals surface area (Å²) in [5.74, 6) is 1.66. The molecule has 0 spiro atoms. The fraction of sp³-hybridized carbons (Fsp3) is 0.391. The minimum absolute atomic E-state index is 0.0243. The molecule has 0 unspecified atom stereocenters. The quantitative estimate of drug-likeness (QED) is 0.513. The van der Waals surface area contributed by atoms with E-state index < -0.39 is 0 Å². The van der Waals surface area contributed by atoms with Gasteiger partial charge in [-0.1, -0.05) is 6.92 Å². The van der Waals surface area contributed by atoms with Crippen LogP contribution in [0.4, 0.5) is 5.82 Å². The normalized spacial score (nSPS) is 11.9. The number of ketones is 1. The van der Waals surface area contributed by atoms with Crippen LogP contribution in [-0.4, -0.2) is 54.8 Å². The number of benzene rings is 1. The van der Waals surface area contributed by atoms with Crippen LogP contribution in [0.3, 0.4) is 0 Å². The van der Waals surface area contributed by atoms with Crippen LogP contribution >= 0.6 is 0 Å². The number of aromatic nitrogens is 3. The van der Waals surface area contributed by atoms with E-state index in [1.165, 1.54) is 18.0 Å². The maximum Gasteiger partial charge on any atom is 0.264 e. The lowest BCUT2D eigenvalue weighted by molar-refractivity contribution is -0.123. The molecule has 32 heavy (non-hydrogen) atoms. The average molecular weight is 441 g/mol. The predicted molar refractivity (Wildman–Crippen MR) is 122 cm³/mol. The van der Waals surface area contributed by atoms with E-state index in [-0.39, 0.29) is 23.9 Å². The molecule has 1 aromatic carbocycles. The first-order valence-electron chi connectivity index (χ1n) is 10.2. The molecule has 170 valence electrons. The summed E-state index contributed by atoms with van der Waals surface area (Å²) in [5.41, 5.74) is 1.74. The maximum absolute atomic E-state index is 12.8. The average Bonchev–Trinajstić information content (AvgIpc) is 2.79. The number of aryl methyl sites for hydroxylation is 1. The van der Waals surface area contributed by atoms with Crippen molar-refractivity contribution in [2.45, 2.75) is 13.3 Å². The molecule has 1 atom stereocenters. The van der Waals surface area contributed by atoms with Crippen molar-refractivity contribution in [3.05, 3.63) is 40.9 Å². The van der Waals surface area contributed by atoms with Crippen LogP contribution in [0.25, 0.3) is 22.2 Å². The standard InChI is InChI=1S/C23H28N4O5/c1-14(8-16(28)12-30-3)11-24-22-21-18(25-13-27(2)23(21)29)10-17(26-22)15-6-7-19(31-4)20(9-15)32-5/h6-7,9-10,13-14H,8,11-12H2,1-5H3,(H,24,26)/t14-/m1/s1. The van der Waals surface area contributed by atoms with Crippen molar-refractivity contribution >= 4 is 22.5 Å². The van der Waals surface area contributed by atoms with Crippen molar-refractivity contribution in [2.75, 3.05) is 39.8 Å². The fourth-order valence-electron chi connectivity index (χ4n) is 3.44. The summed E-state index contributed by atoms with van der Waals surface area (Å²) in [6.45, 7) is 2.51. The Labute approximate surface area is 186 Å². The van der Waals surface area contributed by atoms with Crippen molar-refractivity contribution in [3.63, 3.8) is 0 Å². The van der Waals surface area contributed by atoms with Gasteiger partial charge in [0.25, 0.3) is 5.56 Å².